The van der Waals surface area contributed by atoms with E-state index < -0.39 is 11.5 Å². The fourth-order valence-electron chi connectivity index (χ4n) is 4.31. The topological polar surface area (TPSA) is 71.7 Å². The van der Waals surface area contributed by atoms with Gasteiger partial charge in [-0.25, -0.2) is 9.38 Å². The SMILES string of the molecule is N#C[C@H]1C(=O)NC(N2CCN(c3ccccc3F)CC2)=NC12CCCC2. The van der Waals surface area contributed by atoms with Crippen LogP contribution < -0.4 is 10.2 Å². The Hall–Kier alpha value is -2.62. The molecule has 1 aliphatic carbocycles. The summed E-state index contributed by atoms with van der Waals surface area (Å²) >= 11 is 0. The number of nitrogens with zero attached hydrogens (tertiary/aromatic N) is 4. The number of hydrogen-bond donors (Lipinski definition) is 1. The van der Waals surface area contributed by atoms with E-state index >= 15 is 0 Å². The number of carbonyl (C=O) groups is 1. The Morgan fingerprint density at radius 3 is 2.46 bits per heavy atom. The van der Waals surface area contributed by atoms with Crippen molar-refractivity contribution in [1.29, 1.82) is 5.26 Å². The van der Waals surface area contributed by atoms with Gasteiger partial charge in [0.1, 0.15) is 5.82 Å². The Morgan fingerprint density at radius 1 is 1.15 bits per heavy atom. The van der Waals surface area contributed by atoms with E-state index in [4.69, 9.17) is 4.99 Å². The molecule has 1 aromatic rings. The number of nitriles is 1. The minimum atomic E-state index is -0.701. The fourth-order valence-corrected chi connectivity index (χ4v) is 4.31. The standard InChI is InChI=1S/C19H22FN5O/c20-15-5-1-2-6-16(15)24-9-11-25(12-10-24)18-22-17(26)14(13-21)19(23-18)7-3-4-8-19/h1-2,5-6,14H,3-4,7-12H2,(H,22,23,26)/t14-/m0/s1. The van der Waals surface area contributed by atoms with Crippen molar-refractivity contribution in [1.82, 2.24) is 10.2 Å². The second-order valence-electron chi connectivity index (χ2n) is 7.22. The van der Waals surface area contributed by atoms with Crippen LogP contribution >= 0.6 is 0 Å². The first-order chi connectivity index (χ1) is 12.6. The van der Waals surface area contributed by atoms with Crippen molar-refractivity contribution in [2.75, 3.05) is 31.1 Å². The summed E-state index contributed by atoms with van der Waals surface area (Å²) in [5.41, 5.74) is 0.0494. The molecule has 7 heteroatoms. The molecule has 1 aromatic carbocycles. The number of amides is 1. The number of piperazine rings is 1. The zero-order chi connectivity index (χ0) is 18.1. The molecule has 136 valence electrons. The number of aliphatic imine (C=N–C) groups is 1. The molecule has 3 aliphatic rings. The Labute approximate surface area is 152 Å². The third-order valence-electron chi connectivity index (χ3n) is 5.73. The van der Waals surface area contributed by atoms with E-state index in [1.165, 1.54) is 6.07 Å². The predicted octanol–water partition coefficient (Wildman–Crippen LogP) is 1.89. The predicted molar refractivity (Wildman–Crippen MR) is 96.1 cm³/mol. The molecule has 2 fully saturated rings. The minimum Gasteiger partial charge on any atom is -0.366 e. The Balaban J connectivity index is 1.51. The summed E-state index contributed by atoms with van der Waals surface area (Å²) in [5, 5.41) is 12.3. The first kappa shape index (κ1) is 16.8. The third kappa shape index (κ3) is 2.79. The van der Waals surface area contributed by atoms with Gasteiger partial charge in [-0.05, 0) is 25.0 Å². The van der Waals surface area contributed by atoms with Gasteiger partial charge in [-0.1, -0.05) is 25.0 Å². The van der Waals surface area contributed by atoms with Crippen LogP contribution in [0.1, 0.15) is 25.7 Å². The van der Waals surface area contributed by atoms with E-state index in [-0.39, 0.29) is 11.7 Å². The lowest BCUT2D eigenvalue weighted by molar-refractivity contribution is -0.124. The van der Waals surface area contributed by atoms with Gasteiger partial charge in [-0.3, -0.25) is 10.1 Å². The van der Waals surface area contributed by atoms with Crippen LogP contribution in [0.15, 0.2) is 29.3 Å². The molecule has 1 atom stereocenters. The molecule has 1 spiro atoms. The van der Waals surface area contributed by atoms with Crippen LogP contribution in [0, 0.1) is 23.1 Å². The number of anilines is 1. The maximum Gasteiger partial charge on any atom is 0.246 e. The van der Waals surface area contributed by atoms with Gasteiger partial charge < -0.3 is 9.80 Å². The van der Waals surface area contributed by atoms with E-state index in [0.29, 0.717) is 37.8 Å². The van der Waals surface area contributed by atoms with Crippen LogP contribution in [0.5, 0.6) is 0 Å². The fraction of sp³-hybridized carbons (Fsp3) is 0.526. The van der Waals surface area contributed by atoms with E-state index in [1.807, 2.05) is 15.9 Å². The van der Waals surface area contributed by atoms with Crippen molar-refractivity contribution < 1.29 is 9.18 Å². The molecule has 2 aliphatic heterocycles. The highest BCUT2D eigenvalue weighted by Gasteiger charge is 2.49. The van der Waals surface area contributed by atoms with Crippen LogP contribution in [-0.4, -0.2) is 48.5 Å². The monoisotopic (exact) mass is 355 g/mol. The van der Waals surface area contributed by atoms with Crippen LogP contribution in [-0.2, 0) is 4.79 Å². The zero-order valence-corrected chi connectivity index (χ0v) is 14.6. The number of halogens is 1. The van der Waals surface area contributed by atoms with Crippen molar-refractivity contribution in [2.45, 2.75) is 31.2 Å². The van der Waals surface area contributed by atoms with Gasteiger partial charge in [-0.2, -0.15) is 5.26 Å². The summed E-state index contributed by atoms with van der Waals surface area (Å²) in [5.74, 6) is -0.577. The third-order valence-corrected chi connectivity index (χ3v) is 5.73. The summed E-state index contributed by atoms with van der Waals surface area (Å²) < 4.78 is 14.0. The number of para-hydroxylation sites is 1. The number of nitrogens with one attached hydrogen (secondary N) is 1. The molecule has 6 nitrogen and oxygen atoms in total. The van der Waals surface area contributed by atoms with Gasteiger partial charge in [0, 0.05) is 26.2 Å². The quantitative estimate of drug-likeness (QED) is 0.835. The average molecular weight is 355 g/mol. The van der Waals surface area contributed by atoms with E-state index in [1.54, 1.807) is 12.1 Å². The Morgan fingerprint density at radius 2 is 1.81 bits per heavy atom. The Kier molecular flexibility index (Phi) is 4.27. The summed E-state index contributed by atoms with van der Waals surface area (Å²) in [6, 6.07) is 8.94. The van der Waals surface area contributed by atoms with Crippen LogP contribution in [0.4, 0.5) is 10.1 Å². The lowest BCUT2D eigenvalue weighted by Gasteiger charge is -2.41. The molecular formula is C19H22FN5O. The van der Waals surface area contributed by atoms with Gasteiger partial charge in [-0.15, -0.1) is 0 Å². The zero-order valence-electron chi connectivity index (χ0n) is 14.6. The largest absolute Gasteiger partial charge is 0.366 e. The summed E-state index contributed by atoms with van der Waals surface area (Å²) in [6.07, 6.45) is 3.58. The maximum atomic E-state index is 14.0. The van der Waals surface area contributed by atoms with Crippen LogP contribution in [0.2, 0.25) is 0 Å². The highest BCUT2D eigenvalue weighted by Crippen LogP contribution is 2.41. The molecule has 26 heavy (non-hydrogen) atoms. The van der Waals surface area contributed by atoms with Crippen molar-refractivity contribution in [2.24, 2.45) is 10.9 Å². The van der Waals surface area contributed by atoms with E-state index in [0.717, 1.165) is 25.7 Å². The number of rotatable bonds is 1. The smallest absolute Gasteiger partial charge is 0.246 e. The van der Waals surface area contributed by atoms with E-state index in [9.17, 15) is 14.4 Å². The molecule has 1 saturated carbocycles. The van der Waals surface area contributed by atoms with Gasteiger partial charge >= 0.3 is 0 Å². The normalized spacial score (nSPS) is 25.0. The van der Waals surface area contributed by atoms with Gasteiger partial charge in [0.2, 0.25) is 11.9 Å². The second-order valence-corrected chi connectivity index (χ2v) is 7.22. The van der Waals surface area contributed by atoms with Crippen molar-refractivity contribution in [3.63, 3.8) is 0 Å². The molecule has 0 radical (unpaired) electrons. The minimum absolute atomic E-state index is 0.217. The maximum absolute atomic E-state index is 14.0. The van der Waals surface area contributed by atoms with Crippen molar-refractivity contribution >= 4 is 17.6 Å². The molecule has 0 unspecified atom stereocenters. The summed E-state index contributed by atoms with van der Waals surface area (Å²) in [7, 11) is 0. The molecule has 1 amide bonds. The number of carbonyl (C=O) groups excluding carboxylic acids is 1. The lowest BCUT2D eigenvalue weighted by atomic mass is 9.82. The molecular weight excluding hydrogens is 333 g/mol. The number of hydrogen-bond acceptors (Lipinski definition) is 5. The molecule has 1 N–H and O–H groups in total. The first-order valence-corrected chi connectivity index (χ1v) is 9.18. The Bertz CT molecular complexity index is 772. The van der Waals surface area contributed by atoms with Crippen LogP contribution in [0.25, 0.3) is 0 Å². The molecule has 1 saturated heterocycles. The summed E-state index contributed by atoms with van der Waals surface area (Å²) in [6.45, 7) is 2.62. The molecule has 2 heterocycles. The highest BCUT2D eigenvalue weighted by atomic mass is 19.1. The van der Waals surface area contributed by atoms with Gasteiger partial charge in [0.05, 0.1) is 17.3 Å². The van der Waals surface area contributed by atoms with Crippen LogP contribution in [0.3, 0.4) is 0 Å². The van der Waals surface area contributed by atoms with Gasteiger partial charge in [0.25, 0.3) is 0 Å². The average Bonchev–Trinajstić information content (AvgIpc) is 3.10. The van der Waals surface area contributed by atoms with Crippen molar-refractivity contribution in [3.05, 3.63) is 30.1 Å². The van der Waals surface area contributed by atoms with E-state index in [2.05, 4.69) is 11.4 Å². The second kappa shape index (κ2) is 6.60. The number of guanidine groups is 1. The first-order valence-electron chi connectivity index (χ1n) is 9.18. The summed E-state index contributed by atoms with van der Waals surface area (Å²) in [4.78, 5) is 21.4. The number of benzene rings is 1. The van der Waals surface area contributed by atoms with Gasteiger partial charge in [0.15, 0.2) is 5.92 Å². The molecule has 4 rings (SSSR count). The molecule has 0 aromatic heterocycles. The molecule has 0 bridgehead atoms. The van der Waals surface area contributed by atoms with Crippen molar-refractivity contribution in [3.8, 4) is 6.07 Å². The lowest BCUT2D eigenvalue weighted by Crippen LogP contribution is -2.59. The highest BCUT2D eigenvalue weighted by molar-refractivity contribution is 6.02.